The van der Waals surface area contributed by atoms with E-state index < -0.39 is 27.8 Å². The van der Waals surface area contributed by atoms with Crippen LogP contribution in [0.2, 0.25) is 0 Å². The molecule has 3 aromatic rings. The van der Waals surface area contributed by atoms with Crippen LogP contribution in [-0.2, 0) is 10.0 Å². The zero-order valence-electron chi connectivity index (χ0n) is 16.0. The minimum absolute atomic E-state index is 0.0115. The van der Waals surface area contributed by atoms with Gasteiger partial charge in [-0.15, -0.1) is 0 Å². The molecule has 5 nitrogen and oxygen atoms in total. The van der Waals surface area contributed by atoms with Gasteiger partial charge in [-0.25, -0.2) is 17.2 Å². The Morgan fingerprint density at radius 1 is 1.00 bits per heavy atom. The first-order chi connectivity index (χ1) is 14.2. The lowest BCUT2D eigenvalue weighted by atomic mass is 9.93. The molecule has 0 bridgehead atoms. The van der Waals surface area contributed by atoms with Gasteiger partial charge in [-0.05, 0) is 47.4 Å². The predicted molar refractivity (Wildman–Crippen MR) is 109 cm³/mol. The van der Waals surface area contributed by atoms with Crippen molar-refractivity contribution in [2.75, 3.05) is 11.0 Å². The Morgan fingerprint density at radius 3 is 2.40 bits per heavy atom. The quantitative estimate of drug-likeness (QED) is 0.614. The van der Waals surface area contributed by atoms with Crippen molar-refractivity contribution in [3.63, 3.8) is 0 Å². The van der Waals surface area contributed by atoms with Crippen LogP contribution in [0.5, 0.6) is 11.5 Å². The van der Waals surface area contributed by atoms with Gasteiger partial charge in [-0.3, -0.25) is 4.72 Å². The fraction of sp³-hybridized carbons (Fsp3) is 0.182. The number of halogens is 2. The van der Waals surface area contributed by atoms with E-state index in [1.165, 1.54) is 6.07 Å². The fourth-order valence-corrected chi connectivity index (χ4v) is 4.28. The molecule has 0 spiro atoms. The Bertz CT molecular complexity index is 1200. The van der Waals surface area contributed by atoms with Crippen molar-refractivity contribution in [2.45, 2.75) is 18.4 Å². The highest BCUT2D eigenvalue weighted by Gasteiger charge is 2.33. The van der Waals surface area contributed by atoms with E-state index in [2.05, 4.69) is 4.72 Å². The summed E-state index contributed by atoms with van der Waals surface area (Å²) in [6.45, 7) is 0. The van der Waals surface area contributed by atoms with E-state index in [-0.39, 0.29) is 23.1 Å². The molecule has 3 aromatic carbocycles. The highest BCUT2D eigenvalue weighted by atomic mass is 32.2. The SMILES string of the molecule is CS(=O)(=O)Nc1cc2c(cc1Oc1ccc(F)cc1F)C(O)CC2c1ccccc1. The molecule has 156 valence electrons. The third kappa shape index (κ3) is 4.15. The third-order valence-electron chi connectivity index (χ3n) is 4.99. The highest BCUT2D eigenvalue weighted by molar-refractivity contribution is 7.92. The lowest BCUT2D eigenvalue weighted by molar-refractivity contribution is 0.176. The van der Waals surface area contributed by atoms with Crippen molar-refractivity contribution in [1.82, 2.24) is 0 Å². The lowest BCUT2D eigenvalue weighted by Gasteiger charge is -2.17. The summed E-state index contributed by atoms with van der Waals surface area (Å²) in [5, 5.41) is 10.6. The van der Waals surface area contributed by atoms with E-state index in [0.717, 1.165) is 29.5 Å². The summed E-state index contributed by atoms with van der Waals surface area (Å²) in [6, 6.07) is 15.5. The highest BCUT2D eigenvalue weighted by Crippen LogP contribution is 2.48. The summed E-state index contributed by atoms with van der Waals surface area (Å²) < 4.78 is 59.0. The standard InChI is InChI=1S/C22H19F2NO4S/c1-30(27,28)25-19-10-16-15(13-5-3-2-4-6-13)11-20(26)17(16)12-22(19)29-21-8-7-14(23)9-18(21)24/h2-10,12,15,20,25-26H,11H2,1H3. The molecule has 1 aliphatic carbocycles. The molecule has 0 heterocycles. The summed E-state index contributed by atoms with van der Waals surface area (Å²) in [6.07, 6.45) is 0.621. The number of benzene rings is 3. The number of aliphatic hydroxyl groups excluding tert-OH is 1. The fourth-order valence-electron chi connectivity index (χ4n) is 3.72. The van der Waals surface area contributed by atoms with Crippen LogP contribution in [0.3, 0.4) is 0 Å². The van der Waals surface area contributed by atoms with Gasteiger partial charge in [0.1, 0.15) is 5.82 Å². The van der Waals surface area contributed by atoms with E-state index in [1.54, 1.807) is 6.07 Å². The summed E-state index contributed by atoms with van der Waals surface area (Å²) in [5.41, 5.74) is 2.42. The van der Waals surface area contributed by atoms with Crippen LogP contribution in [0.1, 0.15) is 35.1 Å². The molecule has 8 heteroatoms. The Labute approximate surface area is 173 Å². The van der Waals surface area contributed by atoms with Gasteiger partial charge in [0, 0.05) is 12.0 Å². The molecule has 0 radical (unpaired) electrons. The van der Waals surface area contributed by atoms with Gasteiger partial charge in [0.2, 0.25) is 10.0 Å². The summed E-state index contributed by atoms with van der Waals surface area (Å²) in [4.78, 5) is 0. The van der Waals surface area contributed by atoms with Crippen LogP contribution in [-0.4, -0.2) is 19.8 Å². The summed E-state index contributed by atoms with van der Waals surface area (Å²) in [5.74, 6) is -2.07. The molecule has 4 rings (SSSR count). The number of sulfonamides is 1. The molecule has 0 aliphatic heterocycles. The van der Waals surface area contributed by atoms with E-state index >= 15 is 0 Å². The number of anilines is 1. The molecule has 0 fully saturated rings. The molecule has 2 atom stereocenters. The predicted octanol–water partition coefficient (Wildman–Crippen LogP) is 4.70. The zero-order chi connectivity index (χ0) is 21.5. The van der Waals surface area contributed by atoms with Gasteiger partial charge in [-0.2, -0.15) is 0 Å². The number of fused-ring (bicyclic) bond motifs is 1. The minimum Gasteiger partial charge on any atom is -0.452 e. The average Bonchev–Trinajstić information content (AvgIpc) is 2.99. The molecule has 2 unspecified atom stereocenters. The van der Waals surface area contributed by atoms with Crippen LogP contribution < -0.4 is 9.46 Å². The largest absolute Gasteiger partial charge is 0.452 e. The molecule has 0 saturated carbocycles. The van der Waals surface area contributed by atoms with Crippen LogP contribution >= 0.6 is 0 Å². The number of hydrogen-bond donors (Lipinski definition) is 2. The molecular weight excluding hydrogens is 412 g/mol. The maximum absolute atomic E-state index is 14.1. The third-order valence-corrected chi connectivity index (χ3v) is 5.58. The van der Waals surface area contributed by atoms with E-state index in [9.17, 15) is 22.3 Å². The number of ether oxygens (including phenoxy) is 1. The van der Waals surface area contributed by atoms with Crippen molar-refractivity contribution in [1.29, 1.82) is 0 Å². The van der Waals surface area contributed by atoms with E-state index in [0.29, 0.717) is 18.1 Å². The maximum Gasteiger partial charge on any atom is 0.229 e. The van der Waals surface area contributed by atoms with E-state index in [4.69, 9.17) is 4.74 Å². The smallest absolute Gasteiger partial charge is 0.229 e. The van der Waals surface area contributed by atoms with E-state index in [1.807, 2.05) is 30.3 Å². The van der Waals surface area contributed by atoms with Crippen molar-refractivity contribution in [3.8, 4) is 11.5 Å². The van der Waals surface area contributed by atoms with Crippen molar-refractivity contribution < 1.29 is 27.0 Å². The summed E-state index contributed by atoms with van der Waals surface area (Å²) >= 11 is 0. The lowest BCUT2D eigenvalue weighted by Crippen LogP contribution is -2.11. The van der Waals surface area contributed by atoms with Crippen LogP contribution in [0.15, 0.2) is 60.7 Å². The van der Waals surface area contributed by atoms with Crippen molar-refractivity contribution in [3.05, 3.63) is 89.0 Å². The maximum atomic E-state index is 14.1. The first kappa shape index (κ1) is 20.3. The molecule has 0 saturated heterocycles. The summed E-state index contributed by atoms with van der Waals surface area (Å²) in [7, 11) is -3.67. The molecule has 0 aromatic heterocycles. The topological polar surface area (TPSA) is 75.6 Å². The second-order valence-corrected chi connectivity index (χ2v) is 8.99. The molecule has 2 N–H and O–H groups in total. The normalized spacial score (nSPS) is 18.1. The van der Waals surface area contributed by atoms with Gasteiger partial charge in [0.15, 0.2) is 17.3 Å². The second kappa shape index (κ2) is 7.70. The Balaban J connectivity index is 1.81. The molecular formula is C22H19F2NO4S. The Morgan fingerprint density at radius 2 is 1.73 bits per heavy atom. The second-order valence-electron chi connectivity index (χ2n) is 7.24. The first-order valence-electron chi connectivity index (χ1n) is 9.23. The molecule has 0 amide bonds. The Kier molecular flexibility index (Phi) is 5.21. The van der Waals surface area contributed by atoms with Gasteiger partial charge in [0.25, 0.3) is 0 Å². The van der Waals surface area contributed by atoms with Crippen molar-refractivity contribution >= 4 is 15.7 Å². The molecule has 1 aliphatic rings. The monoisotopic (exact) mass is 431 g/mol. The zero-order valence-corrected chi connectivity index (χ0v) is 16.8. The van der Waals surface area contributed by atoms with Crippen LogP contribution in [0.4, 0.5) is 14.5 Å². The Hall–Kier alpha value is -2.97. The number of hydrogen-bond acceptors (Lipinski definition) is 4. The number of aliphatic hydroxyl groups is 1. The van der Waals surface area contributed by atoms with Crippen molar-refractivity contribution in [2.24, 2.45) is 0 Å². The van der Waals surface area contributed by atoms with Gasteiger partial charge >= 0.3 is 0 Å². The number of nitrogens with one attached hydrogen (secondary N) is 1. The number of rotatable bonds is 5. The minimum atomic E-state index is -3.67. The average molecular weight is 431 g/mol. The van der Waals surface area contributed by atoms with Gasteiger partial charge in [0.05, 0.1) is 18.0 Å². The first-order valence-corrected chi connectivity index (χ1v) is 11.1. The molecule has 30 heavy (non-hydrogen) atoms. The van der Waals surface area contributed by atoms with Gasteiger partial charge in [-0.1, -0.05) is 30.3 Å². The van der Waals surface area contributed by atoms with Crippen LogP contribution in [0.25, 0.3) is 0 Å². The van der Waals surface area contributed by atoms with Gasteiger partial charge < -0.3 is 9.84 Å². The van der Waals surface area contributed by atoms with Crippen LogP contribution in [0, 0.1) is 11.6 Å².